The third-order valence-corrected chi connectivity index (χ3v) is 3.26. The zero-order valence-electron chi connectivity index (χ0n) is 11.8. The van der Waals surface area contributed by atoms with Gasteiger partial charge in [-0.25, -0.2) is 4.79 Å². The predicted octanol–water partition coefficient (Wildman–Crippen LogP) is 3.27. The van der Waals surface area contributed by atoms with Crippen LogP contribution in [0.2, 0.25) is 0 Å². The number of esters is 1. The van der Waals surface area contributed by atoms with Crippen LogP contribution in [0.1, 0.15) is 49.5 Å². The Morgan fingerprint density at radius 3 is 2.90 bits per heavy atom. The van der Waals surface area contributed by atoms with Gasteiger partial charge in [0.2, 0.25) is 0 Å². The summed E-state index contributed by atoms with van der Waals surface area (Å²) in [6.45, 7) is 2.62. The number of aromatic amines is 1. The summed E-state index contributed by atoms with van der Waals surface area (Å²) in [4.78, 5) is 12.0. The number of unbranched alkanes of at least 4 members (excludes halogenated alkanes) is 4. The Morgan fingerprint density at radius 2 is 2.10 bits per heavy atom. The van der Waals surface area contributed by atoms with Crippen LogP contribution in [-0.2, 0) is 4.74 Å². The van der Waals surface area contributed by atoms with Crippen molar-refractivity contribution in [2.24, 2.45) is 0 Å². The van der Waals surface area contributed by atoms with Gasteiger partial charge in [0.15, 0.2) is 5.69 Å². The van der Waals surface area contributed by atoms with E-state index in [2.05, 4.69) is 17.1 Å². The van der Waals surface area contributed by atoms with Gasteiger partial charge in [0.25, 0.3) is 0 Å². The van der Waals surface area contributed by atoms with Crippen LogP contribution in [0, 0.1) is 0 Å². The van der Waals surface area contributed by atoms with Crippen LogP contribution in [0.5, 0.6) is 0 Å². The number of nitrogens with two attached hydrogens (primary N) is 1. The molecular weight excluding hydrogens is 254 g/mol. The fourth-order valence-electron chi connectivity index (χ4n) is 2.13. The number of anilines is 1. The summed E-state index contributed by atoms with van der Waals surface area (Å²) < 4.78 is 5.25. The molecule has 5 nitrogen and oxygen atoms in total. The molecule has 0 fully saturated rings. The van der Waals surface area contributed by atoms with Gasteiger partial charge in [0.1, 0.15) is 0 Å². The standard InChI is InChI=1S/C15H21N3O2/c1-2-3-4-5-6-9-20-15(19)14-12-10-11(16)7-8-13(12)17-18-14/h7-8,10H,2-6,9,16H2,1H3,(H,17,18). The quantitative estimate of drug-likeness (QED) is 0.461. The number of benzene rings is 1. The molecule has 0 aliphatic heterocycles. The number of carbonyl (C=O) groups is 1. The largest absolute Gasteiger partial charge is 0.461 e. The van der Waals surface area contributed by atoms with E-state index >= 15 is 0 Å². The first-order valence-corrected chi connectivity index (χ1v) is 7.13. The number of nitrogens with one attached hydrogen (secondary N) is 1. The van der Waals surface area contributed by atoms with Crippen molar-refractivity contribution in [1.29, 1.82) is 0 Å². The van der Waals surface area contributed by atoms with E-state index in [9.17, 15) is 4.79 Å². The molecule has 0 atom stereocenters. The Bertz CT molecular complexity index is 578. The Balaban J connectivity index is 1.89. The molecule has 1 aromatic heterocycles. The van der Waals surface area contributed by atoms with E-state index in [1.807, 2.05) is 0 Å². The van der Waals surface area contributed by atoms with E-state index in [0.717, 1.165) is 18.4 Å². The molecule has 0 saturated carbocycles. The van der Waals surface area contributed by atoms with Gasteiger partial charge < -0.3 is 10.5 Å². The van der Waals surface area contributed by atoms with E-state index < -0.39 is 5.97 Å². The molecule has 0 aliphatic rings. The smallest absolute Gasteiger partial charge is 0.359 e. The van der Waals surface area contributed by atoms with E-state index in [-0.39, 0.29) is 0 Å². The molecule has 3 N–H and O–H groups in total. The molecule has 1 aromatic carbocycles. The number of nitrogens with zero attached hydrogens (tertiary/aromatic N) is 1. The predicted molar refractivity (Wildman–Crippen MR) is 79.5 cm³/mol. The summed E-state index contributed by atoms with van der Waals surface area (Å²) in [7, 11) is 0. The minimum Gasteiger partial charge on any atom is -0.461 e. The molecule has 0 saturated heterocycles. The Labute approximate surface area is 118 Å². The van der Waals surface area contributed by atoms with Gasteiger partial charge in [-0.2, -0.15) is 5.10 Å². The lowest BCUT2D eigenvalue weighted by Gasteiger charge is -2.03. The zero-order chi connectivity index (χ0) is 14.4. The molecule has 20 heavy (non-hydrogen) atoms. The zero-order valence-corrected chi connectivity index (χ0v) is 11.8. The van der Waals surface area contributed by atoms with Gasteiger partial charge >= 0.3 is 5.97 Å². The highest BCUT2D eigenvalue weighted by Crippen LogP contribution is 2.19. The van der Waals surface area contributed by atoms with Crippen LogP contribution >= 0.6 is 0 Å². The van der Waals surface area contributed by atoms with Crippen LogP contribution < -0.4 is 5.73 Å². The number of hydrogen-bond donors (Lipinski definition) is 2. The number of aromatic nitrogens is 2. The fraction of sp³-hybridized carbons (Fsp3) is 0.467. The second kappa shape index (κ2) is 6.93. The topological polar surface area (TPSA) is 81.0 Å². The molecule has 2 aromatic rings. The van der Waals surface area contributed by atoms with Gasteiger partial charge in [-0.05, 0) is 24.6 Å². The Kier molecular flexibility index (Phi) is 4.98. The van der Waals surface area contributed by atoms with Crippen molar-refractivity contribution >= 4 is 22.6 Å². The van der Waals surface area contributed by atoms with Gasteiger partial charge in [-0.3, -0.25) is 5.10 Å². The van der Waals surface area contributed by atoms with Gasteiger partial charge in [-0.15, -0.1) is 0 Å². The second-order valence-corrected chi connectivity index (χ2v) is 4.93. The van der Waals surface area contributed by atoms with Crippen molar-refractivity contribution in [3.8, 4) is 0 Å². The molecule has 5 heteroatoms. The van der Waals surface area contributed by atoms with Crippen molar-refractivity contribution in [3.63, 3.8) is 0 Å². The maximum Gasteiger partial charge on any atom is 0.359 e. The monoisotopic (exact) mass is 275 g/mol. The summed E-state index contributed by atoms with van der Waals surface area (Å²) in [5.41, 5.74) is 7.42. The SMILES string of the molecule is CCCCCCCOC(=O)c1n[nH]c2ccc(N)cc12. The van der Waals surface area contributed by atoms with Gasteiger partial charge in [0, 0.05) is 11.1 Å². The lowest BCUT2D eigenvalue weighted by molar-refractivity contribution is 0.0493. The van der Waals surface area contributed by atoms with E-state index in [1.54, 1.807) is 18.2 Å². The summed E-state index contributed by atoms with van der Waals surface area (Å²) in [6.07, 6.45) is 5.62. The first kappa shape index (κ1) is 14.4. The average Bonchev–Trinajstić information content (AvgIpc) is 2.85. The van der Waals surface area contributed by atoms with E-state index in [4.69, 9.17) is 10.5 Å². The number of H-pyrrole nitrogens is 1. The number of carbonyl (C=O) groups excluding carboxylic acids is 1. The third kappa shape index (κ3) is 3.50. The molecule has 0 spiro atoms. The average molecular weight is 275 g/mol. The number of ether oxygens (including phenoxy) is 1. The summed E-state index contributed by atoms with van der Waals surface area (Å²) in [5.74, 6) is -0.391. The Morgan fingerprint density at radius 1 is 1.30 bits per heavy atom. The molecule has 108 valence electrons. The molecule has 0 aliphatic carbocycles. The summed E-state index contributed by atoms with van der Waals surface area (Å²) in [6, 6.07) is 5.30. The number of hydrogen-bond acceptors (Lipinski definition) is 4. The lowest BCUT2D eigenvalue weighted by Crippen LogP contribution is -2.07. The summed E-state index contributed by atoms with van der Waals surface area (Å²) >= 11 is 0. The highest BCUT2D eigenvalue weighted by Gasteiger charge is 2.15. The molecule has 1 heterocycles. The van der Waals surface area contributed by atoms with Gasteiger partial charge in [0.05, 0.1) is 12.1 Å². The molecule has 0 bridgehead atoms. The van der Waals surface area contributed by atoms with Crippen LogP contribution in [0.3, 0.4) is 0 Å². The van der Waals surface area contributed by atoms with Crippen molar-refractivity contribution < 1.29 is 9.53 Å². The number of rotatable bonds is 7. The summed E-state index contributed by atoms with van der Waals surface area (Å²) in [5, 5.41) is 7.53. The minimum absolute atomic E-state index is 0.306. The van der Waals surface area contributed by atoms with Crippen molar-refractivity contribution in [1.82, 2.24) is 10.2 Å². The molecule has 0 amide bonds. The molecule has 2 rings (SSSR count). The van der Waals surface area contributed by atoms with Crippen LogP contribution in [0.25, 0.3) is 10.9 Å². The molecule has 0 radical (unpaired) electrons. The van der Waals surface area contributed by atoms with Crippen molar-refractivity contribution in [2.45, 2.75) is 39.0 Å². The third-order valence-electron chi connectivity index (χ3n) is 3.26. The first-order valence-electron chi connectivity index (χ1n) is 7.13. The van der Waals surface area contributed by atoms with Crippen LogP contribution in [0.15, 0.2) is 18.2 Å². The second-order valence-electron chi connectivity index (χ2n) is 4.93. The molecule has 0 unspecified atom stereocenters. The highest BCUT2D eigenvalue weighted by atomic mass is 16.5. The van der Waals surface area contributed by atoms with E-state index in [0.29, 0.717) is 23.4 Å². The van der Waals surface area contributed by atoms with Crippen molar-refractivity contribution in [3.05, 3.63) is 23.9 Å². The van der Waals surface area contributed by atoms with Gasteiger partial charge in [-0.1, -0.05) is 32.6 Å². The maximum absolute atomic E-state index is 12.0. The van der Waals surface area contributed by atoms with Crippen LogP contribution in [-0.4, -0.2) is 22.8 Å². The first-order chi connectivity index (χ1) is 9.72. The maximum atomic E-state index is 12.0. The Hall–Kier alpha value is -2.04. The number of fused-ring (bicyclic) bond motifs is 1. The van der Waals surface area contributed by atoms with Crippen LogP contribution in [0.4, 0.5) is 5.69 Å². The fourth-order valence-corrected chi connectivity index (χ4v) is 2.13. The highest BCUT2D eigenvalue weighted by molar-refractivity contribution is 6.02. The normalized spacial score (nSPS) is 10.8. The van der Waals surface area contributed by atoms with Crippen molar-refractivity contribution in [2.75, 3.05) is 12.3 Å². The van der Waals surface area contributed by atoms with E-state index in [1.165, 1.54) is 19.3 Å². The minimum atomic E-state index is -0.391. The molecular formula is C15H21N3O2. The number of nitrogen functional groups attached to an aromatic ring is 1. The lowest BCUT2D eigenvalue weighted by atomic mass is 10.2.